The normalized spacial score (nSPS) is 13.1. The molecule has 0 aromatic heterocycles. The van der Waals surface area contributed by atoms with Crippen molar-refractivity contribution in [1.29, 1.82) is 0 Å². The zero-order valence-electron chi connectivity index (χ0n) is 11.7. The summed E-state index contributed by atoms with van der Waals surface area (Å²) in [6, 6.07) is 10.8. The van der Waals surface area contributed by atoms with Gasteiger partial charge in [0.05, 0.1) is 11.5 Å². The molecule has 118 valence electrons. The molecule has 2 aromatic rings. The van der Waals surface area contributed by atoms with Crippen LogP contribution in [0.3, 0.4) is 0 Å². The molecular formula is C15H14Cl2O4S. The lowest BCUT2D eigenvalue weighted by atomic mass is 10.1. The van der Waals surface area contributed by atoms with Gasteiger partial charge in [-0.25, -0.2) is 0 Å². The fourth-order valence-corrected chi connectivity index (χ4v) is 3.24. The van der Waals surface area contributed by atoms with Crippen molar-refractivity contribution in [2.75, 3.05) is 6.61 Å². The molecular weight excluding hydrogens is 347 g/mol. The summed E-state index contributed by atoms with van der Waals surface area (Å²) in [6.45, 7) is 1.42. The highest BCUT2D eigenvalue weighted by molar-refractivity contribution is 7.86. The summed E-state index contributed by atoms with van der Waals surface area (Å²) in [4.78, 5) is 0.0347. The van der Waals surface area contributed by atoms with E-state index in [4.69, 9.17) is 27.4 Å². The first-order chi connectivity index (χ1) is 10.3. The van der Waals surface area contributed by atoms with Crippen LogP contribution in [0.1, 0.15) is 17.2 Å². The van der Waals surface area contributed by atoms with Gasteiger partial charge in [0.15, 0.2) is 0 Å². The molecule has 0 aliphatic rings. The molecule has 0 spiro atoms. The molecule has 0 bridgehead atoms. The maximum Gasteiger partial charge on any atom is 0.297 e. The van der Waals surface area contributed by atoms with Crippen LogP contribution in [0.15, 0.2) is 47.4 Å². The molecule has 0 aliphatic heterocycles. The SMILES string of the molecule is Cc1ccc(S(=O)(=O)OCC(O)c2ccc(Cl)cc2Cl)cc1. The number of aliphatic hydroxyl groups excluding tert-OH is 1. The Balaban J connectivity index is 2.09. The molecule has 1 atom stereocenters. The van der Waals surface area contributed by atoms with Crippen molar-refractivity contribution in [3.8, 4) is 0 Å². The zero-order valence-corrected chi connectivity index (χ0v) is 14.0. The van der Waals surface area contributed by atoms with E-state index in [1.165, 1.54) is 24.3 Å². The fourth-order valence-electron chi connectivity index (χ4n) is 1.79. The Morgan fingerprint density at radius 3 is 2.36 bits per heavy atom. The molecule has 0 heterocycles. The predicted octanol–water partition coefficient (Wildman–Crippen LogP) is 3.74. The molecule has 2 rings (SSSR count). The monoisotopic (exact) mass is 360 g/mol. The quantitative estimate of drug-likeness (QED) is 0.824. The Bertz CT molecular complexity index is 758. The highest BCUT2D eigenvalue weighted by atomic mass is 35.5. The Morgan fingerprint density at radius 1 is 1.14 bits per heavy atom. The number of hydrogen-bond acceptors (Lipinski definition) is 4. The average Bonchev–Trinajstić information content (AvgIpc) is 2.45. The standard InChI is InChI=1S/C15H14Cl2O4S/c1-10-2-5-12(6-3-10)22(19,20)21-9-15(18)13-7-4-11(16)8-14(13)17/h2-8,15,18H,9H2,1H3. The summed E-state index contributed by atoms with van der Waals surface area (Å²) in [6.07, 6.45) is -1.18. The first kappa shape index (κ1) is 17.2. The zero-order chi connectivity index (χ0) is 16.3. The number of rotatable bonds is 5. The Hall–Kier alpha value is -1.11. The molecule has 4 nitrogen and oxygen atoms in total. The fraction of sp³-hybridized carbons (Fsp3) is 0.200. The van der Waals surface area contributed by atoms with Crippen molar-refractivity contribution in [2.24, 2.45) is 0 Å². The number of hydrogen-bond donors (Lipinski definition) is 1. The van der Waals surface area contributed by atoms with Crippen molar-refractivity contribution < 1.29 is 17.7 Å². The summed E-state index contributed by atoms with van der Waals surface area (Å²) in [7, 11) is -3.93. The Kier molecular flexibility index (Phi) is 5.47. The summed E-state index contributed by atoms with van der Waals surface area (Å²) in [5.41, 5.74) is 1.29. The van der Waals surface area contributed by atoms with E-state index in [-0.39, 0.29) is 9.92 Å². The largest absolute Gasteiger partial charge is 0.386 e. The molecule has 7 heteroatoms. The lowest BCUT2D eigenvalue weighted by Crippen LogP contribution is -2.13. The molecule has 0 aliphatic carbocycles. The van der Waals surface area contributed by atoms with Crippen molar-refractivity contribution in [2.45, 2.75) is 17.9 Å². The average molecular weight is 361 g/mol. The Labute approximate surface area is 139 Å². The minimum absolute atomic E-state index is 0.0347. The van der Waals surface area contributed by atoms with E-state index < -0.39 is 22.8 Å². The van der Waals surface area contributed by atoms with Gasteiger partial charge in [-0.15, -0.1) is 0 Å². The lowest BCUT2D eigenvalue weighted by Gasteiger charge is -2.13. The molecule has 0 saturated carbocycles. The lowest BCUT2D eigenvalue weighted by molar-refractivity contribution is 0.111. The topological polar surface area (TPSA) is 63.6 Å². The molecule has 2 aromatic carbocycles. The van der Waals surface area contributed by atoms with Gasteiger partial charge >= 0.3 is 0 Å². The van der Waals surface area contributed by atoms with Gasteiger partial charge in [0, 0.05) is 15.6 Å². The van der Waals surface area contributed by atoms with Gasteiger partial charge in [-0.1, -0.05) is 47.0 Å². The molecule has 0 radical (unpaired) electrons. The minimum Gasteiger partial charge on any atom is -0.386 e. The first-order valence-electron chi connectivity index (χ1n) is 6.39. The third kappa shape index (κ3) is 4.21. The number of benzene rings is 2. The van der Waals surface area contributed by atoms with Gasteiger partial charge in [0.25, 0.3) is 10.1 Å². The van der Waals surface area contributed by atoms with Crippen molar-refractivity contribution in [1.82, 2.24) is 0 Å². The second kappa shape index (κ2) is 6.98. The molecule has 0 saturated heterocycles. The molecule has 0 fully saturated rings. The van der Waals surface area contributed by atoms with E-state index in [1.54, 1.807) is 18.2 Å². The smallest absolute Gasteiger partial charge is 0.297 e. The van der Waals surface area contributed by atoms with Crippen LogP contribution in [-0.4, -0.2) is 20.1 Å². The van der Waals surface area contributed by atoms with Crippen molar-refractivity contribution in [3.63, 3.8) is 0 Å². The minimum atomic E-state index is -3.93. The molecule has 22 heavy (non-hydrogen) atoms. The maximum atomic E-state index is 12.0. The summed E-state index contributed by atoms with van der Waals surface area (Å²) >= 11 is 11.7. The van der Waals surface area contributed by atoms with Crippen LogP contribution in [0.2, 0.25) is 10.0 Å². The number of aliphatic hydroxyl groups is 1. The van der Waals surface area contributed by atoms with E-state index in [0.29, 0.717) is 10.6 Å². The van der Waals surface area contributed by atoms with Crippen LogP contribution in [0, 0.1) is 6.92 Å². The molecule has 1 N–H and O–H groups in total. The summed E-state index contributed by atoms with van der Waals surface area (Å²) in [5.74, 6) is 0. The maximum absolute atomic E-state index is 12.0. The van der Waals surface area contributed by atoms with Crippen LogP contribution >= 0.6 is 23.2 Å². The van der Waals surface area contributed by atoms with Crippen LogP contribution in [-0.2, 0) is 14.3 Å². The van der Waals surface area contributed by atoms with E-state index in [2.05, 4.69) is 0 Å². The van der Waals surface area contributed by atoms with Crippen molar-refractivity contribution in [3.05, 3.63) is 63.6 Å². The first-order valence-corrected chi connectivity index (χ1v) is 8.55. The van der Waals surface area contributed by atoms with Crippen molar-refractivity contribution >= 4 is 33.3 Å². The second-order valence-electron chi connectivity index (χ2n) is 4.73. The molecule has 0 amide bonds. The summed E-state index contributed by atoms with van der Waals surface area (Å²) < 4.78 is 28.9. The second-order valence-corrected chi connectivity index (χ2v) is 7.19. The van der Waals surface area contributed by atoms with Gasteiger partial charge in [0.2, 0.25) is 0 Å². The van der Waals surface area contributed by atoms with Gasteiger partial charge in [-0.3, -0.25) is 4.18 Å². The highest BCUT2D eigenvalue weighted by Gasteiger charge is 2.19. The van der Waals surface area contributed by atoms with Crippen LogP contribution < -0.4 is 0 Å². The van der Waals surface area contributed by atoms with E-state index in [9.17, 15) is 13.5 Å². The van der Waals surface area contributed by atoms with Crippen LogP contribution in [0.25, 0.3) is 0 Å². The number of aryl methyl sites for hydroxylation is 1. The van der Waals surface area contributed by atoms with E-state index in [0.717, 1.165) is 5.56 Å². The third-order valence-electron chi connectivity index (χ3n) is 3.01. The van der Waals surface area contributed by atoms with Crippen LogP contribution in [0.4, 0.5) is 0 Å². The van der Waals surface area contributed by atoms with Gasteiger partial charge in [-0.05, 0) is 31.2 Å². The molecule has 1 unspecified atom stereocenters. The van der Waals surface area contributed by atoms with Gasteiger partial charge in [-0.2, -0.15) is 8.42 Å². The Morgan fingerprint density at radius 2 is 1.77 bits per heavy atom. The number of halogens is 2. The summed E-state index contributed by atoms with van der Waals surface area (Å²) in [5, 5.41) is 10.7. The van der Waals surface area contributed by atoms with Gasteiger partial charge in [0.1, 0.15) is 6.10 Å². The predicted molar refractivity (Wildman–Crippen MR) is 85.7 cm³/mol. The highest BCUT2D eigenvalue weighted by Crippen LogP contribution is 2.27. The van der Waals surface area contributed by atoms with E-state index >= 15 is 0 Å². The van der Waals surface area contributed by atoms with Crippen LogP contribution in [0.5, 0.6) is 0 Å². The third-order valence-corrected chi connectivity index (χ3v) is 4.87. The van der Waals surface area contributed by atoms with Gasteiger partial charge < -0.3 is 5.11 Å². The van der Waals surface area contributed by atoms with E-state index in [1.807, 2.05) is 6.92 Å².